The summed E-state index contributed by atoms with van der Waals surface area (Å²) < 4.78 is 32.8. The van der Waals surface area contributed by atoms with Gasteiger partial charge in [0.1, 0.15) is 4.90 Å². The lowest BCUT2D eigenvalue weighted by molar-refractivity contribution is -0.122. The summed E-state index contributed by atoms with van der Waals surface area (Å²) in [5, 5.41) is 0. The topological polar surface area (TPSA) is 84.0 Å². The Bertz CT molecular complexity index is 1210. The van der Waals surface area contributed by atoms with E-state index in [1.54, 1.807) is 48.5 Å². The lowest BCUT2D eigenvalue weighted by atomic mass is 10.2. The molecule has 0 N–H and O–H groups in total. The molecule has 0 fully saturated rings. The molecule has 3 rings (SSSR count). The summed E-state index contributed by atoms with van der Waals surface area (Å²) in [5.74, 6) is -1.30. The van der Waals surface area contributed by atoms with E-state index in [1.165, 1.54) is 30.1 Å². The molecule has 0 aromatic heterocycles. The van der Waals surface area contributed by atoms with E-state index >= 15 is 0 Å². The van der Waals surface area contributed by atoms with Crippen molar-refractivity contribution in [3.8, 4) is 0 Å². The number of ether oxygens (including phenoxy) is 1. The monoisotopic (exact) mass is 466 g/mol. The van der Waals surface area contributed by atoms with E-state index in [1.807, 2.05) is 32.0 Å². The predicted molar refractivity (Wildman–Crippen MR) is 128 cm³/mol. The first kappa shape index (κ1) is 24.0. The molecule has 33 heavy (non-hydrogen) atoms. The number of amides is 1. The maximum atomic E-state index is 13.2. The lowest BCUT2D eigenvalue weighted by Crippen LogP contribution is -2.40. The van der Waals surface area contributed by atoms with Crippen LogP contribution in [0.3, 0.4) is 0 Å². The first-order valence-electron chi connectivity index (χ1n) is 10.4. The van der Waals surface area contributed by atoms with Crippen LogP contribution in [0.4, 0.5) is 11.4 Å². The minimum absolute atomic E-state index is 0.135. The third kappa shape index (κ3) is 5.40. The summed E-state index contributed by atoms with van der Waals surface area (Å²) in [7, 11) is -2.63. The molecule has 0 radical (unpaired) electrons. The molecule has 0 bridgehead atoms. The minimum atomic E-state index is -4.04. The number of nitrogens with zero attached hydrogens (tertiary/aromatic N) is 2. The van der Waals surface area contributed by atoms with Crippen LogP contribution < -0.4 is 9.21 Å². The Morgan fingerprint density at radius 3 is 1.91 bits per heavy atom. The molecule has 8 heteroatoms. The quantitative estimate of drug-likeness (QED) is 0.467. The van der Waals surface area contributed by atoms with Crippen molar-refractivity contribution in [3.05, 3.63) is 90.5 Å². The molecule has 3 aromatic rings. The van der Waals surface area contributed by atoms with Crippen molar-refractivity contribution in [1.82, 2.24) is 0 Å². The number of rotatable bonds is 8. The summed E-state index contributed by atoms with van der Waals surface area (Å²) in [6.45, 7) is 3.19. The van der Waals surface area contributed by atoms with Gasteiger partial charge in [-0.1, -0.05) is 48.5 Å². The molecule has 0 saturated carbocycles. The van der Waals surface area contributed by atoms with Gasteiger partial charge in [-0.25, -0.2) is 13.2 Å². The van der Waals surface area contributed by atoms with Crippen molar-refractivity contribution in [2.45, 2.75) is 24.8 Å². The van der Waals surface area contributed by atoms with E-state index in [0.717, 1.165) is 4.31 Å². The highest BCUT2D eigenvalue weighted by molar-refractivity contribution is 7.92. The van der Waals surface area contributed by atoms with Gasteiger partial charge in [0.2, 0.25) is 0 Å². The standard InChI is InChI=1S/C25H26N2O5S/c1-19(2)27(21-14-8-5-9-15-21)24(28)18-32-25(29)22-16-10-11-17-23(22)33(30,31)26(3)20-12-6-4-7-13-20/h4-17,19H,18H2,1-3H3. The number of hydrogen-bond acceptors (Lipinski definition) is 5. The Kier molecular flexibility index (Phi) is 7.50. The van der Waals surface area contributed by atoms with Crippen LogP contribution in [0.25, 0.3) is 0 Å². The number of anilines is 2. The maximum absolute atomic E-state index is 13.2. The van der Waals surface area contributed by atoms with Crippen molar-refractivity contribution in [1.29, 1.82) is 0 Å². The second-order valence-electron chi connectivity index (χ2n) is 7.57. The molecular weight excluding hydrogens is 440 g/mol. The number of hydrogen-bond donors (Lipinski definition) is 0. The van der Waals surface area contributed by atoms with Crippen LogP contribution in [0.2, 0.25) is 0 Å². The Labute approximate surface area is 194 Å². The number of carbonyl (C=O) groups is 2. The highest BCUT2D eigenvalue weighted by Crippen LogP contribution is 2.25. The third-order valence-electron chi connectivity index (χ3n) is 5.01. The van der Waals surface area contributed by atoms with Gasteiger partial charge < -0.3 is 9.64 Å². The Morgan fingerprint density at radius 2 is 1.33 bits per heavy atom. The Hall–Kier alpha value is -3.65. The molecule has 0 saturated heterocycles. The van der Waals surface area contributed by atoms with E-state index in [-0.39, 0.29) is 16.5 Å². The van der Waals surface area contributed by atoms with E-state index in [4.69, 9.17) is 4.74 Å². The molecule has 0 aliphatic rings. The van der Waals surface area contributed by atoms with Crippen LogP contribution in [0, 0.1) is 0 Å². The van der Waals surface area contributed by atoms with Gasteiger partial charge >= 0.3 is 5.97 Å². The van der Waals surface area contributed by atoms with Gasteiger partial charge in [-0.15, -0.1) is 0 Å². The highest BCUT2D eigenvalue weighted by Gasteiger charge is 2.28. The minimum Gasteiger partial charge on any atom is -0.452 e. The average Bonchev–Trinajstić information content (AvgIpc) is 2.83. The van der Waals surface area contributed by atoms with E-state index in [2.05, 4.69) is 0 Å². The molecule has 3 aromatic carbocycles. The van der Waals surface area contributed by atoms with Crippen LogP contribution in [0.5, 0.6) is 0 Å². The summed E-state index contributed by atoms with van der Waals surface area (Å²) >= 11 is 0. The first-order valence-corrected chi connectivity index (χ1v) is 11.8. The van der Waals surface area contributed by atoms with Crippen molar-refractivity contribution in [3.63, 3.8) is 0 Å². The zero-order valence-electron chi connectivity index (χ0n) is 18.7. The van der Waals surface area contributed by atoms with Crippen molar-refractivity contribution in [2.75, 3.05) is 22.9 Å². The number of esters is 1. The summed E-state index contributed by atoms with van der Waals surface area (Å²) in [5.41, 5.74) is 0.996. The molecular formula is C25H26N2O5S. The maximum Gasteiger partial charge on any atom is 0.340 e. The Morgan fingerprint density at radius 1 is 0.818 bits per heavy atom. The third-order valence-corrected chi connectivity index (χ3v) is 6.86. The van der Waals surface area contributed by atoms with Gasteiger partial charge in [-0.2, -0.15) is 0 Å². The summed E-state index contributed by atoms with van der Waals surface area (Å²) in [4.78, 5) is 27.0. The fourth-order valence-corrected chi connectivity index (χ4v) is 4.75. The second kappa shape index (κ2) is 10.3. The van der Waals surface area contributed by atoms with E-state index < -0.39 is 28.5 Å². The SMILES string of the molecule is CC(C)N(C(=O)COC(=O)c1ccccc1S(=O)(=O)N(C)c1ccccc1)c1ccccc1. The summed E-state index contributed by atoms with van der Waals surface area (Å²) in [6, 6.07) is 23.2. The smallest absolute Gasteiger partial charge is 0.340 e. The normalized spacial score (nSPS) is 11.2. The highest BCUT2D eigenvalue weighted by atomic mass is 32.2. The zero-order chi connectivity index (χ0) is 24.0. The lowest BCUT2D eigenvalue weighted by Gasteiger charge is -2.26. The van der Waals surface area contributed by atoms with E-state index in [0.29, 0.717) is 11.4 Å². The number of para-hydroxylation sites is 2. The fraction of sp³-hybridized carbons (Fsp3) is 0.200. The second-order valence-corrected chi connectivity index (χ2v) is 9.51. The van der Waals surface area contributed by atoms with Crippen LogP contribution >= 0.6 is 0 Å². The molecule has 0 aliphatic heterocycles. The van der Waals surface area contributed by atoms with Crippen LogP contribution in [-0.2, 0) is 19.6 Å². The van der Waals surface area contributed by atoms with Gasteiger partial charge in [0.05, 0.1) is 11.3 Å². The Balaban J connectivity index is 1.81. The van der Waals surface area contributed by atoms with Crippen LogP contribution in [0.1, 0.15) is 24.2 Å². The number of sulfonamides is 1. The molecule has 172 valence electrons. The zero-order valence-corrected chi connectivity index (χ0v) is 19.5. The van der Waals surface area contributed by atoms with Crippen molar-refractivity contribution >= 4 is 33.3 Å². The molecule has 0 spiro atoms. The first-order chi connectivity index (χ1) is 15.7. The molecule has 0 unspecified atom stereocenters. The molecule has 0 atom stereocenters. The molecule has 0 heterocycles. The van der Waals surface area contributed by atoms with Gasteiger partial charge in [0.15, 0.2) is 6.61 Å². The average molecular weight is 467 g/mol. The number of benzene rings is 3. The van der Waals surface area contributed by atoms with Crippen LogP contribution in [-0.4, -0.2) is 40.0 Å². The number of carbonyl (C=O) groups excluding carboxylic acids is 2. The van der Waals surface area contributed by atoms with E-state index in [9.17, 15) is 18.0 Å². The van der Waals surface area contributed by atoms with Gasteiger partial charge in [0.25, 0.3) is 15.9 Å². The molecule has 0 aliphatic carbocycles. The predicted octanol–water partition coefficient (Wildman–Crippen LogP) is 4.11. The van der Waals surface area contributed by atoms with Gasteiger partial charge in [-0.05, 0) is 50.2 Å². The van der Waals surface area contributed by atoms with Crippen molar-refractivity contribution in [2.24, 2.45) is 0 Å². The van der Waals surface area contributed by atoms with Crippen molar-refractivity contribution < 1.29 is 22.7 Å². The van der Waals surface area contributed by atoms with Crippen LogP contribution in [0.15, 0.2) is 89.8 Å². The van der Waals surface area contributed by atoms with Gasteiger partial charge in [0, 0.05) is 18.8 Å². The molecule has 7 nitrogen and oxygen atoms in total. The molecule has 1 amide bonds. The van der Waals surface area contributed by atoms with Gasteiger partial charge in [-0.3, -0.25) is 9.10 Å². The largest absolute Gasteiger partial charge is 0.452 e. The fourth-order valence-electron chi connectivity index (χ4n) is 3.38. The summed E-state index contributed by atoms with van der Waals surface area (Å²) in [6.07, 6.45) is 0.